The number of halogens is 1. The third-order valence-corrected chi connectivity index (χ3v) is 0. The summed E-state index contributed by atoms with van der Waals surface area (Å²) in [5, 5.41) is 0. The fourth-order valence-corrected chi connectivity index (χ4v) is 0. The van der Waals surface area contributed by atoms with Gasteiger partial charge in [-0.25, -0.2) is 0 Å². The van der Waals surface area contributed by atoms with Crippen molar-refractivity contribution in [3.05, 3.63) is 6.42 Å². The van der Waals surface area contributed by atoms with Crippen LogP contribution in [0.1, 0.15) is 13.8 Å². The standard InChI is InChI=1S/C3H7.ClH.Pd/c1-3-2;;/h3H,1-2H3;1H;/q-1;;+2/p-1. The molecule has 0 rings (SSSR count). The summed E-state index contributed by atoms with van der Waals surface area (Å²) in [6.45, 7) is 4.00. The monoisotopic (exact) mass is 184 g/mol. The molecule has 0 heterocycles. The molecule has 36 valence electrons. The quantitative estimate of drug-likeness (QED) is 0.399. The first-order valence-electron chi connectivity index (χ1n) is 1.27. The molecular formula is C3H7ClPd. The van der Waals surface area contributed by atoms with E-state index in [1.54, 1.807) is 0 Å². The van der Waals surface area contributed by atoms with Gasteiger partial charge in [0, 0.05) is 0 Å². The molecule has 0 aliphatic heterocycles. The van der Waals surface area contributed by atoms with Crippen molar-refractivity contribution >= 4 is 9.53 Å². The van der Waals surface area contributed by atoms with Gasteiger partial charge in [0.2, 0.25) is 0 Å². The van der Waals surface area contributed by atoms with Gasteiger partial charge >= 0.3 is 27.7 Å². The number of hydrogen-bond acceptors (Lipinski definition) is 0. The van der Waals surface area contributed by atoms with E-state index in [1.807, 2.05) is 20.3 Å². The van der Waals surface area contributed by atoms with E-state index in [1.165, 1.54) is 0 Å². The van der Waals surface area contributed by atoms with Gasteiger partial charge in [-0.1, -0.05) is 0 Å². The van der Waals surface area contributed by atoms with Crippen molar-refractivity contribution in [1.82, 2.24) is 0 Å². The summed E-state index contributed by atoms with van der Waals surface area (Å²) in [5.41, 5.74) is 0. The van der Waals surface area contributed by atoms with Gasteiger partial charge in [-0.2, -0.15) is 13.8 Å². The van der Waals surface area contributed by atoms with Gasteiger partial charge in [-0.15, -0.1) is 0 Å². The van der Waals surface area contributed by atoms with Crippen molar-refractivity contribution in [3.8, 4) is 0 Å². The van der Waals surface area contributed by atoms with Crippen LogP contribution in [0.4, 0.5) is 0 Å². The summed E-state index contributed by atoms with van der Waals surface area (Å²) >= 11 is 2.22. The van der Waals surface area contributed by atoms with Crippen LogP contribution in [-0.2, 0) is 18.2 Å². The van der Waals surface area contributed by atoms with E-state index in [9.17, 15) is 0 Å². The predicted molar refractivity (Wildman–Crippen MR) is 21.5 cm³/mol. The van der Waals surface area contributed by atoms with Crippen molar-refractivity contribution < 1.29 is 18.2 Å². The Bertz CT molecular complexity index is 6.85. The fourth-order valence-electron chi connectivity index (χ4n) is 0. The maximum absolute atomic E-state index is 4.49. The molecule has 0 aromatic carbocycles. The Morgan fingerprint density at radius 1 is 1.40 bits per heavy atom. The summed E-state index contributed by atoms with van der Waals surface area (Å²) in [4.78, 5) is 0. The first kappa shape index (κ1) is 9.35. The average Bonchev–Trinajstić information content (AvgIpc) is 1.46. The van der Waals surface area contributed by atoms with E-state index in [0.29, 0.717) is 0 Å². The molecule has 0 saturated carbocycles. The predicted octanol–water partition coefficient (Wildman–Crippen LogP) is 1.92. The number of hydrogen-bond donors (Lipinski definition) is 0. The fraction of sp³-hybridized carbons (Fsp3) is 0.667. The van der Waals surface area contributed by atoms with E-state index < -0.39 is 0 Å². The topological polar surface area (TPSA) is 0 Å². The van der Waals surface area contributed by atoms with Crippen molar-refractivity contribution in [1.29, 1.82) is 0 Å². The summed E-state index contributed by atoms with van der Waals surface area (Å²) in [6.07, 6.45) is 2.00. The molecule has 0 N–H and O–H groups in total. The van der Waals surface area contributed by atoms with E-state index in [2.05, 4.69) is 27.7 Å². The Labute approximate surface area is 48.3 Å². The molecule has 5 heavy (non-hydrogen) atoms. The van der Waals surface area contributed by atoms with E-state index in [-0.39, 0.29) is 0 Å². The molecule has 0 saturated heterocycles. The Morgan fingerprint density at radius 3 is 1.40 bits per heavy atom. The molecule has 0 radical (unpaired) electrons. The van der Waals surface area contributed by atoms with Gasteiger partial charge in [0.1, 0.15) is 0 Å². The molecule has 0 amide bonds. The zero-order valence-electron chi connectivity index (χ0n) is 3.27. The molecular weight excluding hydrogens is 178 g/mol. The van der Waals surface area contributed by atoms with Gasteiger partial charge in [-0.05, 0) is 0 Å². The molecule has 0 aromatic heterocycles. The summed E-state index contributed by atoms with van der Waals surface area (Å²) in [5.74, 6) is 0. The van der Waals surface area contributed by atoms with Crippen LogP contribution in [0.5, 0.6) is 0 Å². The molecule has 0 bridgehead atoms. The van der Waals surface area contributed by atoms with Crippen molar-refractivity contribution in [2.75, 3.05) is 0 Å². The zero-order valence-corrected chi connectivity index (χ0v) is 5.58. The van der Waals surface area contributed by atoms with E-state index >= 15 is 0 Å². The Morgan fingerprint density at radius 2 is 1.40 bits per heavy atom. The molecule has 0 atom stereocenters. The minimum absolute atomic E-state index is 2.00. The minimum atomic E-state index is 2.00. The van der Waals surface area contributed by atoms with Crippen LogP contribution in [0.25, 0.3) is 0 Å². The maximum atomic E-state index is 4.49. The van der Waals surface area contributed by atoms with Crippen LogP contribution >= 0.6 is 9.53 Å². The SMILES string of the molecule is C[CH-]C.[Cl][Pd+]. The molecule has 0 fully saturated rings. The zero-order chi connectivity index (χ0) is 4.71. The third kappa shape index (κ3) is 47.6. The summed E-state index contributed by atoms with van der Waals surface area (Å²) < 4.78 is 0. The molecule has 0 unspecified atom stereocenters. The summed E-state index contributed by atoms with van der Waals surface area (Å²) in [6, 6.07) is 0. The first-order valence-corrected chi connectivity index (χ1v) is 3.28. The van der Waals surface area contributed by atoms with Crippen molar-refractivity contribution in [2.45, 2.75) is 13.8 Å². The van der Waals surface area contributed by atoms with E-state index in [0.717, 1.165) is 0 Å². The Hall–Kier alpha value is 0.952. The van der Waals surface area contributed by atoms with Gasteiger partial charge in [-0.3, -0.25) is 0 Å². The molecule has 0 spiro atoms. The normalized spacial score (nSPS) is 5.00. The van der Waals surface area contributed by atoms with Gasteiger partial charge in [0.15, 0.2) is 0 Å². The van der Waals surface area contributed by atoms with Gasteiger partial charge < -0.3 is 6.42 Å². The third-order valence-electron chi connectivity index (χ3n) is 0. The van der Waals surface area contributed by atoms with Crippen LogP contribution in [0, 0.1) is 6.42 Å². The molecule has 0 nitrogen and oxygen atoms in total. The van der Waals surface area contributed by atoms with Crippen molar-refractivity contribution in [3.63, 3.8) is 0 Å². The second-order valence-corrected chi connectivity index (χ2v) is 0.577. The van der Waals surface area contributed by atoms with Crippen LogP contribution in [0.3, 0.4) is 0 Å². The first-order chi connectivity index (χ1) is 2.41. The van der Waals surface area contributed by atoms with Crippen LogP contribution in [0.2, 0.25) is 0 Å². The average molecular weight is 185 g/mol. The van der Waals surface area contributed by atoms with Crippen molar-refractivity contribution in [2.24, 2.45) is 0 Å². The van der Waals surface area contributed by atoms with Crippen LogP contribution in [-0.4, -0.2) is 0 Å². The summed E-state index contributed by atoms with van der Waals surface area (Å²) in [7, 11) is 4.49. The van der Waals surface area contributed by atoms with Crippen LogP contribution in [0.15, 0.2) is 0 Å². The Kier molecular flexibility index (Phi) is 37.9. The van der Waals surface area contributed by atoms with E-state index in [4.69, 9.17) is 0 Å². The molecule has 0 aliphatic rings. The molecule has 0 aliphatic carbocycles. The Balaban J connectivity index is 0. The second-order valence-electron chi connectivity index (χ2n) is 0.577. The second kappa shape index (κ2) is 20.3. The molecule has 0 aromatic rings. The van der Waals surface area contributed by atoms with Crippen LogP contribution < -0.4 is 0 Å². The molecule has 2 heteroatoms. The van der Waals surface area contributed by atoms with Gasteiger partial charge in [0.05, 0.1) is 0 Å². The van der Waals surface area contributed by atoms with Gasteiger partial charge in [0.25, 0.3) is 0 Å². The number of rotatable bonds is 0.